The number of alkyl halides is 3. The topological polar surface area (TPSA) is 71.1 Å². The lowest BCUT2D eigenvalue weighted by Crippen LogP contribution is -2.63. The first-order valence-electron chi connectivity index (χ1n) is 9.51. The summed E-state index contributed by atoms with van der Waals surface area (Å²) in [7, 11) is 0. The summed E-state index contributed by atoms with van der Waals surface area (Å²) in [6.45, 7) is 3.63. The van der Waals surface area contributed by atoms with Gasteiger partial charge in [-0.15, -0.1) is 13.2 Å². The van der Waals surface area contributed by atoms with Gasteiger partial charge in [-0.1, -0.05) is 12.1 Å². The quantitative estimate of drug-likeness (QED) is 0.805. The average molecular weight is 413 g/mol. The molecule has 0 saturated carbocycles. The monoisotopic (exact) mass is 413 g/mol. The van der Waals surface area contributed by atoms with Crippen LogP contribution >= 0.6 is 0 Å². The Labute approximate surface area is 165 Å². The van der Waals surface area contributed by atoms with Crippen LogP contribution in [0, 0.1) is 6.92 Å². The van der Waals surface area contributed by atoms with Crippen LogP contribution in [0.2, 0.25) is 0 Å². The van der Waals surface area contributed by atoms with Crippen LogP contribution in [0.3, 0.4) is 0 Å². The number of likely N-dealkylation sites (tertiary alicyclic amines) is 2. The molecule has 0 bridgehead atoms. The van der Waals surface area contributed by atoms with Crippen molar-refractivity contribution in [2.75, 3.05) is 32.8 Å². The largest absolute Gasteiger partial charge is 0.573 e. The predicted octanol–water partition coefficient (Wildman–Crippen LogP) is 2.00. The molecule has 1 aromatic rings. The Morgan fingerprint density at radius 3 is 2.69 bits per heavy atom. The number of benzene rings is 1. The number of urea groups is 1. The van der Waals surface area contributed by atoms with E-state index in [9.17, 15) is 22.8 Å². The van der Waals surface area contributed by atoms with Crippen molar-refractivity contribution in [1.29, 1.82) is 0 Å². The summed E-state index contributed by atoms with van der Waals surface area (Å²) in [6, 6.07) is 4.33. The minimum absolute atomic E-state index is 0.0544. The number of ether oxygens (including phenoxy) is 2. The molecular formula is C19H22F3N3O4. The molecule has 7 nitrogen and oxygen atoms in total. The number of fused-ring (bicyclic) bond motifs is 1. The van der Waals surface area contributed by atoms with Crippen molar-refractivity contribution in [2.45, 2.75) is 37.8 Å². The molecule has 10 heteroatoms. The highest BCUT2D eigenvalue weighted by atomic mass is 19.4. The Kier molecular flexibility index (Phi) is 5.05. The second kappa shape index (κ2) is 7.40. The summed E-state index contributed by atoms with van der Waals surface area (Å²) in [5.74, 6) is -0.307. The Hall–Kier alpha value is -2.49. The molecule has 0 unspecified atom stereocenters. The first kappa shape index (κ1) is 19.8. The predicted molar refractivity (Wildman–Crippen MR) is 95.4 cm³/mol. The molecule has 3 fully saturated rings. The molecule has 1 N–H and O–H groups in total. The van der Waals surface area contributed by atoms with Gasteiger partial charge in [-0.3, -0.25) is 4.79 Å². The van der Waals surface area contributed by atoms with Gasteiger partial charge in [0.1, 0.15) is 12.4 Å². The number of hydrogen-bond acceptors (Lipinski definition) is 4. The second-order valence-corrected chi connectivity index (χ2v) is 7.72. The maximum absolute atomic E-state index is 12.7. The number of nitrogens with zero attached hydrogens (tertiary/aromatic N) is 2. The summed E-state index contributed by atoms with van der Waals surface area (Å²) >= 11 is 0. The van der Waals surface area contributed by atoms with Gasteiger partial charge in [-0.25, -0.2) is 4.79 Å². The lowest BCUT2D eigenvalue weighted by atomic mass is 9.90. The zero-order valence-corrected chi connectivity index (χ0v) is 15.9. The lowest BCUT2D eigenvalue weighted by molar-refractivity contribution is -0.274. The van der Waals surface area contributed by atoms with E-state index in [1.54, 1.807) is 28.9 Å². The molecule has 3 amide bonds. The Morgan fingerprint density at radius 1 is 1.24 bits per heavy atom. The van der Waals surface area contributed by atoms with Gasteiger partial charge >= 0.3 is 12.4 Å². The van der Waals surface area contributed by atoms with Crippen LogP contribution in [0.1, 0.15) is 23.5 Å². The fourth-order valence-corrected chi connectivity index (χ4v) is 4.08. The molecule has 0 aliphatic carbocycles. The third-order valence-electron chi connectivity index (χ3n) is 5.64. The van der Waals surface area contributed by atoms with E-state index in [1.807, 2.05) is 0 Å². The Bertz CT molecular complexity index is 810. The molecule has 3 aliphatic rings. The molecule has 158 valence electrons. The van der Waals surface area contributed by atoms with Gasteiger partial charge in [0.25, 0.3) is 0 Å². The summed E-state index contributed by atoms with van der Waals surface area (Å²) < 4.78 is 46.7. The lowest BCUT2D eigenvalue weighted by Gasteiger charge is -2.46. The number of halogens is 3. The van der Waals surface area contributed by atoms with Crippen molar-refractivity contribution >= 4 is 11.9 Å². The van der Waals surface area contributed by atoms with Crippen LogP contribution in [0.4, 0.5) is 18.0 Å². The Morgan fingerprint density at radius 2 is 2.00 bits per heavy atom. The summed E-state index contributed by atoms with van der Waals surface area (Å²) in [5.41, 5.74) is 1.28. The molecule has 4 rings (SSSR count). The van der Waals surface area contributed by atoms with Gasteiger partial charge in [0, 0.05) is 32.1 Å². The fourth-order valence-electron chi connectivity index (χ4n) is 4.08. The molecule has 3 saturated heterocycles. The average Bonchev–Trinajstić information content (AvgIpc) is 2.61. The van der Waals surface area contributed by atoms with E-state index < -0.39 is 6.36 Å². The number of carbonyl (C=O) groups is 2. The fraction of sp³-hybridized carbons (Fsp3) is 0.579. The van der Waals surface area contributed by atoms with Crippen molar-refractivity contribution in [1.82, 2.24) is 15.1 Å². The van der Waals surface area contributed by atoms with Crippen molar-refractivity contribution < 1.29 is 32.2 Å². The van der Waals surface area contributed by atoms with Crippen molar-refractivity contribution in [3.05, 3.63) is 29.3 Å². The van der Waals surface area contributed by atoms with E-state index in [4.69, 9.17) is 4.74 Å². The molecule has 2 atom stereocenters. The van der Waals surface area contributed by atoms with Gasteiger partial charge in [-0.2, -0.15) is 0 Å². The number of nitrogens with one attached hydrogen (secondary N) is 1. The van der Waals surface area contributed by atoms with Crippen LogP contribution in [0.5, 0.6) is 5.75 Å². The SMILES string of the molecule is Cc1cc(C2CN(C(=O)N3CC[C@@H]4OCC(=O)N[C@@H]4C3)C2)ccc1OC(F)(F)F. The first-order valence-corrected chi connectivity index (χ1v) is 9.51. The highest BCUT2D eigenvalue weighted by molar-refractivity contribution is 5.79. The minimum atomic E-state index is -4.72. The maximum Gasteiger partial charge on any atom is 0.573 e. The summed E-state index contributed by atoms with van der Waals surface area (Å²) in [6.07, 6.45) is -4.10. The van der Waals surface area contributed by atoms with Crippen LogP contribution < -0.4 is 10.1 Å². The third kappa shape index (κ3) is 4.26. The zero-order valence-electron chi connectivity index (χ0n) is 15.9. The first-order chi connectivity index (χ1) is 13.7. The molecule has 1 aromatic carbocycles. The summed E-state index contributed by atoms with van der Waals surface area (Å²) in [5, 5.41) is 2.87. The van der Waals surface area contributed by atoms with E-state index in [2.05, 4.69) is 10.1 Å². The molecule has 29 heavy (non-hydrogen) atoms. The molecule has 3 aliphatic heterocycles. The zero-order chi connectivity index (χ0) is 20.8. The minimum Gasteiger partial charge on any atom is -0.406 e. The number of piperidine rings is 1. The number of aryl methyl sites for hydroxylation is 1. The number of amides is 3. The Balaban J connectivity index is 1.32. The van der Waals surface area contributed by atoms with Gasteiger partial charge < -0.3 is 24.6 Å². The number of hydrogen-bond donors (Lipinski definition) is 1. The van der Waals surface area contributed by atoms with Crippen molar-refractivity contribution in [2.24, 2.45) is 0 Å². The molecule has 0 aromatic heterocycles. The normalized spacial score (nSPS) is 25.2. The standard InChI is InChI=1S/C19H22F3N3O4/c1-11-6-12(2-3-15(11)29-19(20,21)22)13-7-25(8-13)18(27)24-5-4-16-14(9-24)23-17(26)10-28-16/h2-3,6,13-14,16H,4-5,7-10H2,1H3,(H,23,26)/t14-,16+/m1/s1. The number of rotatable bonds is 2. The van der Waals surface area contributed by atoms with Gasteiger partial charge in [-0.05, 0) is 30.5 Å². The highest BCUT2D eigenvalue weighted by Crippen LogP contribution is 2.33. The second-order valence-electron chi connectivity index (χ2n) is 7.72. The van der Waals surface area contributed by atoms with E-state index in [1.165, 1.54) is 6.07 Å². The number of morpholine rings is 1. The highest BCUT2D eigenvalue weighted by Gasteiger charge is 2.40. The van der Waals surface area contributed by atoms with Gasteiger partial charge in [0.05, 0.1) is 12.1 Å². The third-order valence-corrected chi connectivity index (χ3v) is 5.64. The molecular weight excluding hydrogens is 391 g/mol. The molecule has 0 spiro atoms. The van der Waals surface area contributed by atoms with E-state index in [0.29, 0.717) is 38.2 Å². The van der Waals surface area contributed by atoms with Crippen molar-refractivity contribution in [3.63, 3.8) is 0 Å². The van der Waals surface area contributed by atoms with Crippen LogP contribution in [-0.4, -0.2) is 73.0 Å². The molecule has 0 radical (unpaired) electrons. The van der Waals surface area contributed by atoms with Crippen LogP contribution in [0.25, 0.3) is 0 Å². The van der Waals surface area contributed by atoms with E-state index in [0.717, 1.165) is 5.56 Å². The smallest absolute Gasteiger partial charge is 0.406 e. The van der Waals surface area contributed by atoms with E-state index in [-0.39, 0.29) is 42.4 Å². The van der Waals surface area contributed by atoms with Crippen LogP contribution in [-0.2, 0) is 9.53 Å². The molecule has 3 heterocycles. The van der Waals surface area contributed by atoms with Crippen LogP contribution in [0.15, 0.2) is 18.2 Å². The maximum atomic E-state index is 12.7. The number of carbonyl (C=O) groups excluding carboxylic acids is 2. The van der Waals surface area contributed by atoms with Gasteiger partial charge in [0.2, 0.25) is 5.91 Å². The van der Waals surface area contributed by atoms with Crippen molar-refractivity contribution in [3.8, 4) is 5.75 Å². The summed E-state index contributed by atoms with van der Waals surface area (Å²) in [4.78, 5) is 27.7. The van der Waals surface area contributed by atoms with E-state index >= 15 is 0 Å². The van der Waals surface area contributed by atoms with Gasteiger partial charge in [0.15, 0.2) is 0 Å².